The van der Waals surface area contributed by atoms with Gasteiger partial charge in [-0.15, -0.1) is 0 Å². The van der Waals surface area contributed by atoms with Crippen LogP contribution in [0.2, 0.25) is 0 Å². The Labute approximate surface area is 99.0 Å². The van der Waals surface area contributed by atoms with E-state index < -0.39 is 0 Å². The lowest BCUT2D eigenvalue weighted by Crippen LogP contribution is -2.24. The molecule has 0 bridgehead atoms. The van der Waals surface area contributed by atoms with Crippen molar-refractivity contribution >= 4 is 15.9 Å². The van der Waals surface area contributed by atoms with Crippen LogP contribution in [0.3, 0.4) is 0 Å². The number of hydrogen-bond donors (Lipinski definition) is 1. The fraction of sp³-hybridized carbons (Fsp3) is 0.500. The Kier molecular flexibility index (Phi) is 4.74. The Hall–Kier alpha value is -0.410. The summed E-state index contributed by atoms with van der Waals surface area (Å²) in [4.78, 5) is 0. The van der Waals surface area contributed by atoms with Gasteiger partial charge in [0, 0.05) is 10.5 Å². The van der Waals surface area contributed by atoms with E-state index in [1.54, 1.807) is 12.1 Å². The average molecular weight is 274 g/mol. The van der Waals surface area contributed by atoms with Gasteiger partial charge in [-0.1, -0.05) is 29.8 Å². The molecule has 1 aromatic rings. The van der Waals surface area contributed by atoms with Gasteiger partial charge in [0.1, 0.15) is 5.82 Å². The maximum Gasteiger partial charge on any atom is 0.123 e. The van der Waals surface area contributed by atoms with Crippen LogP contribution >= 0.6 is 15.9 Å². The third-order valence-corrected chi connectivity index (χ3v) is 3.04. The lowest BCUT2D eigenvalue weighted by molar-refractivity contribution is 0.492. The number of hydrogen-bond acceptors (Lipinski definition) is 1. The van der Waals surface area contributed by atoms with Crippen LogP contribution in [0.5, 0.6) is 0 Å². The fourth-order valence-electron chi connectivity index (χ4n) is 1.67. The first-order chi connectivity index (χ1) is 6.99. The third kappa shape index (κ3) is 4.31. The normalized spacial score (nSPS) is 13.2. The van der Waals surface area contributed by atoms with Crippen LogP contribution in [-0.2, 0) is 6.42 Å². The van der Waals surface area contributed by atoms with Gasteiger partial charge in [-0.3, -0.25) is 0 Å². The number of nitrogens with two attached hydrogens (primary N) is 1. The van der Waals surface area contributed by atoms with Crippen LogP contribution in [0.15, 0.2) is 22.7 Å². The summed E-state index contributed by atoms with van der Waals surface area (Å²) in [5, 5.41) is 0. The highest BCUT2D eigenvalue weighted by molar-refractivity contribution is 9.10. The van der Waals surface area contributed by atoms with Gasteiger partial charge in [0.2, 0.25) is 0 Å². The molecule has 0 saturated heterocycles. The Morgan fingerprint density at radius 3 is 2.67 bits per heavy atom. The lowest BCUT2D eigenvalue weighted by Gasteiger charge is -2.14. The Balaban J connectivity index is 2.67. The van der Waals surface area contributed by atoms with Gasteiger partial charge in [-0.05, 0) is 42.5 Å². The molecule has 0 aliphatic carbocycles. The van der Waals surface area contributed by atoms with Crippen LogP contribution in [0.25, 0.3) is 0 Å². The standard InChI is InChI=1S/C12H17BrFN/c1-8(2)5-11(15)7-9-6-10(14)3-4-12(9)13/h3-4,6,8,11H,5,7,15H2,1-2H3. The van der Waals surface area contributed by atoms with E-state index in [1.165, 1.54) is 6.07 Å². The zero-order valence-electron chi connectivity index (χ0n) is 9.13. The summed E-state index contributed by atoms with van der Waals surface area (Å²) in [6.45, 7) is 4.28. The SMILES string of the molecule is CC(C)CC(N)Cc1cc(F)ccc1Br. The molecular formula is C12H17BrFN. The second-order valence-electron chi connectivity index (χ2n) is 4.33. The minimum Gasteiger partial charge on any atom is -0.327 e. The van der Waals surface area contributed by atoms with Crippen molar-refractivity contribution in [3.63, 3.8) is 0 Å². The van der Waals surface area contributed by atoms with Crippen molar-refractivity contribution in [3.8, 4) is 0 Å². The Morgan fingerprint density at radius 2 is 2.07 bits per heavy atom. The van der Waals surface area contributed by atoms with Gasteiger partial charge in [0.15, 0.2) is 0 Å². The van der Waals surface area contributed by atoms with E-state index in [0.717, 1.165) is 22.9 Å². The molecule has 15 heavy (non-hydrogen) atoms. The van der Waals surface area contributed by atoms with E-state index in [4.69, 9.17) is 5.73 Å². The largest absolute Gasteiger partial charge is 0.327 e. The van der Waals surface area contributed by atoms with E-state index in [1.807, 2.05) is 0 Å². The predicted molar refractivity (Wildman–Crippen MR) is 65.2 cm³/mol. The van der Waals surface area contributed by atoms with Crippen molar-refractivity contribution in [1.29, 1.82) is 0 Å². The van der Waals surface area contributed by atoms with Gasteiger partial charge in [-0.25, -0.2) is 4.39 Å². The van der Waals surface area contributed by atoms with Gasteiger partial charge in [0.25, 0.3) is 0 Å². The van der Waals surface area contributed by atoms with E-state index >= 15 is 0 Å². The molecule has 1 unspecified atom stereocenters. The maximum atomic E-state index is 13.0. The summed E-state index contributed by atoms with van der Waals surface area (Å²) in [5.74, 6) is 0.372. The van der Waals surface area contributed by atoms with Crippen LogP contribution in [-0.4, -0.2) is 6.04 Å². The highest BCUT2D eigenvalue weighted by Crippen LogP contribution is 2.20. The van der Waals surface area contributed by atoms with Gasteiger partial charge >= 0.3 is 0 Å². The molecule has 0 aromatic heterocycles. The molecule has 84 valence electrons. The van der Waals surface area contributed by atoms with E-state index in [-0.39, 0.29) is 11.9 Å². The smallest absolute Gasteiger partial charge is 0.123 e. The molecule has 0 aliphatic rings. The summed E-state index contributed by atoms with van der Waals surface area (Å²) < 4.78 is 13.9. The van der Waals surface area contributed by atoms with Gasteiger partial charge < -0.3 is 5.73 Å². The average Bonchev–Trinajstić information content (AvgIpc) is 2.10. The zero-order valence-corrected chi connectivity index (χ0v) is 10.7. The molecular weight excluding hydrogens is 257 g/mol. The summed E-state index contributed by atoms with van der Waals surface area (Å²) in [7, 11) is 0. The monoisotopic (exact) mass is 273 g/mol. The molecule has 2 N–H and O–H groups in total. The van der Waals surface area contributed by atoms with E-state index in [0.29, 0.717) is 5.92 Å². The molecule has 0 radical (unpaired) electrons. The van der Waals surface area contributed by atoms with Crippen LogP contribution < -0.4 is 5.73 Å². The first-order valence-corrected chi connectivity index (χ1v) is 5.98. The molecule has 0 aliphatic heterocycles. The topological polar surface area (TPSA) is 26.0 Å². The molecule has 1 aromatic carbocycles. The molecule has 0 heterocycles. The Morgan fingerprint density at radius 1 is 1.40 bits per heavy atom. The van der Waals surface area contributed by atoms with Crippen LogP contribution in [0.1, 0.15) is 25.8 Å². The highest BCUT2D eigenvalue weighted by atomic mass is 79.9. The van der Waals surface area contributed by atoms with Crippen molar-refractivity contribution in [2.45, 2.75) is 32.7 Å². The van der Waals surface area contributed by atoms with E-state index in [2.05, 4.69) is 29.8 Å². The molecule has 1 nitrogen and oxygen atoms in total. The lowest BCUT2D eigenvalue weighted by atomic mass is 9.98. The minimum atomic E-state index is -0.204. The first-order valence-electron chi connectivity index (χ1n) is 5.18. The second-order valence-corrected chi connectivity index (χ2v) is 5.18. The number of halogens is 2. The third-order valence-electron chi connectivity index (χ3n) is 2.26. The zero-order chi connectivity index (χ0) is 11.4. The second kappa shape index (κ2) is 5.61. The van der Waals surface area contributed by atoms with Crippen molar-refractivity contribution in [1.82, 2.24) is 0 Å². The molecule has 0 fully saturated rings. The fourth-order valence-corrected chi connectivity index (χ4v) is 2.08. The van der Waals surface area contributed by atoms with Crippen molar-refractivity contribution in [2.75, 3.05) is 0 Å². The number of benzene rings is 1. The summed E-state index contributed by atoms with van der Waals surface area (Å²) in [6.07, 6.45) is 1.68. The Bertz CT molecular complexity index is 325. The highest BCUT2D eigenvalue weighted by Gasteiger charge is 2.09. The van der Waals surface area contributed by atoms with Crippen molar-refractivity contribution < 1.29 is 4.39 Å². The van der Waals surface area contributed by atoms with Gasteiger partial charge in [-0.2, -0.15) is 0 Å². The van der Waals surface area contributed by atoms with Crippen molar-refractivity contribution in [2.24, 2.45) is 11.7 Å². The quantitative estimate of drug-likeness (QED) is 0.893. The van der Waals surface area contributed by atoms with E-state index in [9.17, 15) is 4.39 Å². The van der Waals surface area contributed by atoms with Crippen molar-refractivity contribution in [3.05, 3.63) is 34.1 Å². The van der Waals surface area contributed by atoms with Crippen LogP contribution in [0.4, 0.5) is 4.39 Å². The molecule has 0 spiro atoms. The van der Waals surface area contributed by atoms with Gasteiger partial charge in [0.05, 0.1) is 0 Å². The molecule has 0 amide bonds. The predicted octanol–water partition coefficient (Wildman–Crippen LogP) is 3.50. The maximum absolute atomic E-state index is 13.0. The summed E-state index contributed by atoms with van der Waals surface area (Å²) in [6, 6.07) is 4.82. The molecule has 1 rings (SSSR count). The first kappa shape index (κ1) is 12.7. The van der Waals surface area contributed by atoms with Crippen LogP contribution in [0, 0.1) is 11.7 Å². The number of rotatable bonds is 4. The molecule has 1 atom stereocenters. The molecule has 0 saturated carbocycles. The summed E-state index contributed by atoms with van der Waals surface area (Å²) >= 11 is 3.40. The molecule has 3 heteroatoms. The minimum absolute atomic E-state index is 0.100. The summed E-state index contributed by atoms with van der Waals surface area (Å²) in [5.41, 5.74) is 6.93.